The molecule has 1 aromatic carbocycles. The van der Waals surface area contributed by atoms with Gasteiger partial charge in [-0.15, -0.1) is 0 Å². The van der Waals surface area contributed by atoms with Crippen LogP contribution in [-0.4, -0.2) is 23.2 Å². The highest BCUT2D eigenvalue weighted by Crippen LogP contribution is 2.34. The van der Waals surface area contributed by atoms with E-state index in [4.69, 9.17) is 14.3 Å². The van der Waals surface area contributed by atoms with Crippen molar-refractivity contribution in [2.24, 2.45) is 0 Å². The third-order valence-electron chi connectivity index (χ3n) is 2.90. The summed E-state index contributed by atoms with van der Waals surface area (Å²) in [6.45, 7) is 3.74. The van der Waals surface area contributed by atoms with Gasteiger partial charge in [0.05, 0.1) is 13.5 Å². The van der Waals surface area contributed by atoms with Gasteiger partial charge in [0, 0.05) is 5.41 Å². The number of carboxylic acids is 1. The molecular weight excluding hydrogens is 234 g/mol. The molecule has 2 rings (SSSR count). The number of methoxy groups -OCH3 is 1. The number of aromatic nitrogens is 1. The summed E-state index contributed by atoms with van der Waals surface area (Å²) in [5, 5.41) is 8.97. The minimum atomic E-state index is -0.840. The Morgan fingerprint density at radius 3 is 2.83 bits per heavy atom. The van der Waals surface area contributed by atoms with Crippen LogP contribution in [0.5, 0.6) is 6.08 Å². The van der Waals surface area contributed by atoms with E-state index in [9.17, 15) is 4.79 Å². The van der Waals surface area contributed by atoms with Crippen LogP contribution in [0.2, 0.25) is 0 Å². The van der Waals surface area contributed by atoms with Gasteiger partial charge >= 0.3 is 12.0 Å². The molecule has 0 amide bonds. The lowest BCUT2D eigenvalue weighted by molar-refractivity contribution is -0.138. The summed E-state index contributed by atoms with van der Waals surface area (Å²) in [4.78, 5) is 15.1. The van der Waals surface area contributed by atoms with Crippen LogP contribution in [0.3, 0.4) is 0 Å². The van der Waals surface area contributed by atoms with E-state index in [1.165, 1.54) is 7.11 Å². The molecule has 0 aliphatic rings. The van der Waals surface area contributed by atoms with Gasteiger partial charge in [0.25, 0.3) is 0 Å². The van der Waals surface area contributed by atoms with E-state index in [0.29, 0.717) is 11.1 Å². The number of fused-ring (bicyclic) bond motifs is 1. The van der Waals surface area contributed by atoms with Gasteiger partial charge in [0.15, 0.2) is 5.58 Å². The zero-order valence-electron chi connectivity index (χ0n) is 10.6. The van der Waals surface area contributed by atoms with Crippen molar-refractivity contribution in [3.63, 3.8) is 0 Å². The largest absolute Gasteiger partial charge is 0.481 e. The van der Waals surface area contributed by atoms with E-state index in [1.54, 1.807) is 6.07 Å². The number of benzene rings is 1. The molecule has 0 radical (unpaired) electrons. The lowest BCUT2D eigenvalue weighted by Gasteiger charge is -2.22. The first-order valence-electron chi connectivity index (χ1n) is 5.60. The fraction of sp³-hybridized carbons (Fsp3) is 0.385. The number of carboxylic acid groups (broad SMARTS) is 1. The minimum Gasteiger partial charge on any atom is -0.481 e. The molecule has 0 unspecified atom stereocenters. The van der Waals surface area contributed by atoms with E-state index < -0.39 is 11.4 Å². The first-order valence-corrected chi connectivity index (χ1v) is 5.60. The average Bonchev–Trinajstić information content (AvgIpc) is 2.69. The quantitative estimate of drug-likeness (QED) is 0.901. The molecule has 1 aromatic heterocycles. The molecule has 0 spiro atoms. The zero-order chi connectivity index (χ0) is 13.3. The number of rotatable bonds is 4. The van der Waals surface area contributed by atoms with Crippen LogP contribution in [0.4, 0.5) is 0 Å². The Morgan fingerprint density at radius 2 is 2.22 bits per heavy atom. The summed E-state index contributed by atoms with van der Waals surface area (Å²) in [5.41, 5.74) is 1.57. The average molecular weight is 249 g/mol. The summed E-state index contributed by atoms with van der Waals surface area (Å²) < 4.78 is 10.3. The van der Waals surface area contributed by atoms with E-state index in [0.717, 1.165) is 5.56 Å². The second kappa shape index (κ2) is 4.33. The second-order valence-corrected chi connectivity index (χ2v) is 4.79. The summed E-state index contributed by atoms with van der Waals surface area (Å²) in [6, 6.07) is 5.48. The monoisotopic (exact) mass is 249 g/mol. The van der Waals surface area contributed by atoms with E-state index in [-0.39, 0.29) is 12.5 Å². The lowest BCUT2D eigenvalue weighted by Crippen LogP contribution is -2.22. The molecule has 0 saturated heterocycles. The topological polar surface area (TPSA) is 72.6 Å². The maximum absolute atomic E-state index is 10.9. The van der Waals surface area contributed by atoms with Crippen LogP contribution in [0.1, 0.15) is 25.8 Å². The summed E-state index contributed by atoms with van der Waals surface area (Å²) in [7, 11) is 1.48. The highest BCUT2D eigenvalue weighted by molar-refractivity contribution is 5.80. The molecule has 0 bridgehead atoms. The molecule has 0 fully saturated rings. The van der Waals surface area contributed by atoms with Crippen molar-refractivity contribution in [3.8, 4) is 6.08 Å². The highest BCUT2D eigenvalue weighted by atomic mass is 16.6. The van der Waals surface area contributed by atoms with Crippen molar-refractivity contribution in [1.29, 1.82) is 0 Å². The van der Waals surface area contributed by atoms with Crippen molar-refractivity contribution in [3.05, 3.63) is 23.8 Å². The van der Waals surface area contributed by atoms with Crippen molar-refractivity contribution in [2.75, 3.05) is 7.11 Å². The van der Waals surface area contributed by atoms with Crippen LogP contribution in [0.15, 0.2) is 22.6 Å². The number of hydrogen-bond acceptors (Lipinski definition) is 4. The fourth-order valence-corrected chi connectivity index (χ4v) is 2.03. The van der Waals surface area contributed by atoms with E-state index in [2.05, 4.69) is 4.98 Å². The van der Waals surface area contributed by atoms with E-state index >= 15 is 0 Å². The molecule has 1 N–H and O–H groups in total. The van der Waals surface area contributed by atoms with Crippen LogP contribution in [-0.2, 0) is 10.2 Å². The molecule has 18 heavy (non-hydrogen) atoms. The van der Waals surface area contributed by atoms with Gasteiger partial charge in [-0.05, 0) is 11.6 Å². The van der Waals surface area contributed by atoms with Gasteiger partial charge in [0.1, 0.15) is 5.52 Å². The smallest absolute Gasteiger partial charge is 0.394 e. The molecule has 0 aliphatic carbocycles. The number of hydrogen-bond donors (Lipinski definition) is 1. The van der Waals surface area contributed by atoms with E-state index in [1.807, 2.05) is 26.0 Å². The van der Waals surface area contributed by atoms with Gasteiger partial charge < -0.3 is 14.3 Å². The maximum Gasteiger partial charge on any atom is 0.394 e. The summed E-state index contributed by atoms with van der Waals surface area (Å²) in [5.74, 6) is -0.840. The number of carbonyl (C=O) groups is 1. The third-order valence-corrected chi connectivity index (χ3v) is 2.90. The number of ether oxygens (including phenoxy) is 1. The van der Waals surface area contributed by atoms with Crippen LogP contribution in [0.25, 0.3) is 11.1 Å². The lowest BCUT2D eigenvalue weighted by atomic mass is 9.81. The molecule has 0 atom stereocenters. The normalized spacial score (nSPS) is 11.7. The predicted molar refractivity (Wildman–Crippen MR) is 65.8 cm³/mol. The Kier molecular flexibility index (Phi) is 2.98. The maximum atomic E-state index is 10.9. The summed E-state index contributed by atoms with van der Waals surface area (Å²) in [6.07, 6.45) is 0.213. The molecule has 0 aliphatic heterocycles. The Morgan fingerprint density at radius 1 is 1.50 bits per heavy atom. The first kappa shape index (κ1) is 12.4. The highest BCUT2D eigenvalue weighted by Gasteiger charge is 2.27. The SMILES string of the molecule is COc1nc2c(C(C)(C)CC(=O)O)cccc2o1. The van der Waals surface area contributed by atoms with Crippen LogP contribution < -0.4 is 4.74 Å². The van der Waals surface area contributed by atoms with Gasteiger partial charge in [0.2, 0.25) is 0 Å². The fourth-order valence-electron chi connectivity index (χ4n) is 2.03. The molecule has 1 heterocycles. The molecule has 96 valence electrons. The number of oxazole rings is 1. The predicted octanol–water partition coefficient (Wildman–Crippen LogP) is 2.59. The molecule has 0 saturated carbocycles. The Hall–Kier alpha value is -2.04. The Bertz CT molecular complexity index is 586. The molecule has 2 aromatic rings. The minimum absolute atomic E-state index is 0.0291. The van der Waals surface area contributed by atoms with Gasteiger partial charge in [-0.3, -0.25) is 4.79 Å². The number of para-hydroxylation sites is 1. The number of aliphatic carboxylic acids is 1. The van der Waals surface area contributed by atoms with Crippen molar-refractivity contribution < 1.29 is 19.1 Å². The van der Waals surface area contributed by atoms with Crippen molar-refractivity contribution in [2.45, 2.75) is 25.7 Å². The Balaban J connectivity index is 2.56. The standard InChI is InChI=1S/C13H15NO4/c1-13(2,7-10(15)16)8-5-4-6-9-11(8)14-12(17-3)18-9/h4-6H,7H2,1-3H3,(H,15,16). The molecule has 5 heteroatoms. The third kappa shape index (κ3) is 2.16. The van der Waals surface area contributed by atoms with Gasteiger partial charge in [-0.2, -0.15) is 4.98 Å². The zero-order valence-corrected chi connectivity index (χ0v) is 10.6. The van der Waals surface area contributed by atoms with Crippen molar-refractivity contribution >= 4 is 17.1 Å². The first-order chi connectivity index (χ1) is 8.44. The second-order valence-electron chi connectivity index (χ2n) is 4.79. The van der Waals surface area contributed by atoms with Gasteiger partial charge in [-0.25, -0.2) is 0 Å². The molecular formula is C13H15NO4. The molecule has 5 nitrogen and oxygen atoms in total. The number of nitrogens with zero attached hydrogens (tertiary/aromatic N) is 1. The van der Waals surface area contributed by atoms with Crippen molar-refractivity contribution in [1.82, 2.24) is 4.98 Å². The van der Waals surface area contributed by atoms with Crippen LogP contribution in [0, 0.1) is 0 Å². The van der Waals surface area contributed by atoms with Gasteiger partial charge in [-0.1, -0.05) is 26.0 Å². The Labute approximate surface area is 104 Å². The van der Waals surface area contributed by atoms with Crippen LogP contribution >= 0.6 is 0 Å². The summed E-state index contributed by atoms with van der Waals surface area (Å²) >= 11 is 0.